The Morgan fingerprint density at radius 1 is 0.963 bits per heavy atom. The van der Waals surface area contributed by atoms with Gasteiger partial charge in [0.2, 0.25) is 0 Å². The zero-order chi connectivity index (χ0) is 19.7. The molecular formula is C24H39NO2. The van der Waals surface area contributed by atoms with Gasteiger partial charge in [-0.25, -0.2) is 0 Å². The van der Waals surface area contributed by atoms with Crippen molar-refractivity contribution in [3.63, 3.8) is 0 Å². The third kappa shape index (κ3) is 10.8. The topological polar surface area (TPSA) is 38.3 Å². The largest absolute Gasteiger partial charge is 0.486 e. The molecular weight excluding hydrogens is 334 g/mol. The second-order valence-electron chi connectivity index (χ2n) is 7.18. The molecule has 0 aromatic heterocycles. The zero-order valence-electron chi connectivity index (χ0n) is 17.6. The maximum absolute atomic E-state index is 12.0. The number of unbranched alkanes of at least 4 members (excludes halogenated alkanes) is 7. The van der Waals surface area contributed by atoms with E-state index in [0.29, 0.717) is 5.56 Å². The van der Waals surface area contributed by atoms with Crippen molar-refractivity contribution >= 4 is 5.91 Å². The van der Waals surface area contributed by atoms with Crippen LogP contribution < -0.4 is 10.1 Å². The maximum atomic E-state index is 12.0. The fraction of sp³-hybridized carbons (Fsp3) is 0.625. The van der Waals surface area contributed by atoms with E-state index < -0.39 is 0 Å². The smallest absolute Gasteiger partial charge is 0.251 e. The Labute approximate surface area is 166 Å². The Bertz CT molecular complexity index is 522. The molecule has 1 amide bonds. The average Bonchev–Trinajstić information content (AvgIpc) is 2.69. The summed E-state index contributed by atoms with van der Waals surface area (Å²) >= 11 is 0. The molecule has 1 atom stereocenters. The van der Waals surface area contributed by atoms with Gasteiger partial charge in [0.1, 0.15) is 11.9 Å². The summed E-state index contributed by atoms with van der Waals surface area (Å²) in [5.41, 5.74) is 0.685. The number of allylic oxidation sites excluding steroid dienone is 1. The van der Waals surface area contributed by atoms with Gasteiger partial charge in [0, 0.05) is 12.1 Å². The minimum atomic E-state index is -0.0131. The van der Waals surface area contributed by atoms with Gasteiger partial charge < -0.3 is 10.1 Å². The van der Waals surface area contributed by atoms with Crippen LogP contribution in [-0.4, -0.2) is 18.6 Å². The first kappa shape index (κ1) is 23.3. The summed E-state index contributed by atoms with van der Waals surface area (Å²) in [6.07, 6.45) is 16.7. The molecule has 27 heavy (non-hydrogen) atoms. The molecule has 0 spiro atoms. The number of ether oxygens (including phenoxy) is 1. The van der Waals surface area contributed by atoms with Gasteiger partial charge in [-0.3, -0.25) is 4.79 Å². The van der Waals surface area contributed by atoms with Crippen molar-refractivity contribution in [2.75, 3.05) is 6.54 Å². The highest BCUT2D eigenvalue weighted by atomic mass is 16.5. The minimum absolute atomic E-state index is 0.0131. The lowest BCUT2D eigenvalue weighted by Gasteiger charge is -2.14. The van der Waals surface area contributed by atoms with Crippen LogP contribution >= 0.6 is 0 Å². The van der Waals surface area contributed by atoms with E-state index in [9.17, 15) is 4.79 Å². The standard InChI is InChI=1S/C24H39NO2/c1-4-7-9-10-11-12-13-14-15-22(6-3)27-23-18-16-21(17-19-23)24(26)25-20-8-5-2/h14-19,22H,4-13,20H2,1-3H3,(H,25,26). The number of carbonyl (C=O) groups excluding carboxylic acids is 1. The SMILES string of the molecule is CCCCCCCCC=CC(CC)Oc1ccc(C(=O)NCCCC)cc1. The predicted molar refractivity (Wildman–Crippen MR) is 116 cm³/mol. The number of nitrogens with one attached hydrogen (secondary N) is 1. The van der Waals surface area contributed by atoms with Crippen LogP contribution in [0.2, 0.25) is 0 Å². The molecule has 0 saturated heterocycles. The molecule has 0 aliphatic carbocycles. The molecule has 0 aliphatic heterocycles. The number of carbonyl (C=O) groups is 1. The van der Waals surface area contributed by atoms with Crippen molar-refractivity contribution in [2.45, 2.75) is 91.1 Å². The minimum Gasteiger partial charge on any atom is -0.486 e. The van der Waals surface area contributed by atoms with Crippen molar-refractivity contribution in [3.8, 4) is 5.75 Å². The first-order chi connectivity index (χ1) is 13.2. The lowest BCUT2D eigenvalue weighted by Crippen LogP contribution is -2.24. The molecule has 1 N–H and O–H groups in total. The summed E-state index contributed by atoms with van der Waals surface area (Å²) in [5, 5.41) is 2.94. The fourth-order valence-electron chi connectivity index (χ4n) is 2.89. The van der Waals surface area contributed by atoms with Crippen LogP contribution in [-0.2, 0) is 0 Å². The zero-order valence-corrected chi connectivity index (χ0v) is 17.6. The van der Waals surface area contributed by atoms with Gasteiger partial charge in [-0.05, 0) is 56.0 Å². The molecule has 152 valence electrons. The maximum Gasteiger partial charge on any atom is 0.251 e. The number of hydrogen-bond donors (Lipinski definition) is 1. The van der Waals surface area contributed by atoms with E-state index in [4.69, 9.17) is 4.74 Å². The van der Waals surface area contributed by atoms with Gasteiger partial charge in [0.25, 0.3) is 5.91 Å². The van der Waals surface area contributed by atoms with Gasteiger partial charge >= 0.3 is 0 Å². The highest BCUT2D eigenvalue weighted by Crippen LogP contribution is 2.16. The van der Waals surface area contributed by atoms with Crippen LogP contribution in [0, 0.1) is 0 Å². The van der Waals surface area contributed by atoms with Crippen molar-refractivity contribution in [2.24, 2.45) is 0 Å². The molecule has 3 heteroatoms. The normalized spacial score (nSPS) is 12.3. The van der Waals surface area contributed by atoms with E-state index in [1.54, 1.807) is 0 Å². The summed E-state index contributed by atoms with van der Waals surface area (Å²) in [6, 6.07) is 7.45. The van der Waals surface area contributed by atoms with E-state index in [1.807, 2.05) is 24.3 Å². The third-order valence-electron chi connectivity index (χ3n) is 4.70. The van der Waals surface area contributed by atoms with Crippen LogP contribution in [0.25, 0.3) is 0 Å². The highest BCUT2D eigenvalue weighted by Gasteiger charge is 2.07. The lowest BCUT2D eigenvalue weighted by molar-refractivity contribution is 0.0953. The molecule has 1 rings (SSSR count). The molecule has 0 heterocycles. The van der Waals surface area contributed by atoms with Crippen molar-refractivity contribution in [3.05, 3.63) is 42.0 Å². The monoisotopic (exact) mass is 373 g/mol. The summed E-state index contributed by atoms with van der Waals surface area (Å²) in [5.74, 6) is 0.803. The molecule has 0 aliphatic rings. The van der Waals surface area contributed by atoms with E-state index in [-0.39, 0.29) is 12.0 Å². The first-order valence-electron chi connectivity index (χ1n) is 10.9. The van der Waals surface area contributed by atoms with E-state index in [1.165, 1.54) is 38.5 Å². The molecule has 1 aromatic rings. The number of hydrogen-bond acceptors (Lipinski definition) is 2. The summed E-state index contributed by atoms with van der Waals surface area (Å²) < 4.78 is 6.04. The van der Waals surface area contributed by atoms with Gasteiger partial charge in [0.15, 0.2) is 0 Å². The Balaban J connectivity index is 2.34. The molecule has 1 unspecified atom stereocenters. The summed E-state index contributed by atoms with van der Waals surface area (Å²) in [4.78, 5) is 12.0. The second kappa shape index (κ2) is 15.3. The Morgan fingerprint density at radius 2 is 1.63 bits per heavy atom. The quantitative estimate of drug-likeness (QED) is 0.275. The lowest BCUT2D eigenvalue weighted by atomic mass is 10.1. The van der Waals surface area contributed by atoms with E-state index in [0.717, 1.165) is 38.0 Å². The van der Waals surface area contributed by atoms with E-state index in [2.05, 4.69) is 38.2 Å². The van der Waals surface area contributed by atoms with Gasteiger partial charge in [-0.2, -0.15) is 0 Å². The van der Waals surface area contributed by atoms with Crippen molar-refractivity contribution < 1.29 is 9.53 Å². The summed E-state index contributed by atoms with van der Waals surface area (Å²) in [7, 11) is 0. The van der Waals surface area contributed by atoms with Gasteiger partial charge in [-0.15, -0.1) is 0 Å². The molecule has 0 fully saturated rings. The van der Waals surface area contributed by atoms with Crippen LogP contribution in [0.1, 0.15) is 95.3 Å². The predicted octanol–water partition coefficient (Wildman–Crippen LogP) is 6.68. The highest BCUT2D eigenvalue weighted by molar-refractivity contribution is 5.94. The number of rotatable bonds is 15. The van der Waals surface area contributed by atoms with Crippen LogP contribution in [0.15, 0.2) is 36.4 Å². The van der Waals surface area contributed by atoms with Crippen LogP contribution in [0.4, 0.5) is 0 Å². The number of benzene rings is 1. The van der Waals surface area contributed by atoms with Gasteiger partial charge in [-0.1, -0.05) is 65.4 Å². The van der Waals surface area contributed by atoms with Crippen LogP contribution in [0.5, 0.6) is 5.75 Å². The Hall–Kier alpha value is -1.77. The molecule has 0 bridgehead atoms. The fourth-order valence-corrected chi connectivity index (χ4v) is 2.89. The molecule has 0 radical (unpaired) electrons. The second-order valence-corrected chi connectivity index (χ2v) is 7.18. The van der Waals surface area contributed by atoms with E-state index >= 15 is 0 Å². The average molecular weight is 374 g/mol. The Morgan fingerprint density at radius 3 is 2.30 bits per heavy atom. The third-order valence-corrected chi connectivity index (χ3v) is 4.70. The Kier molecular flexibility index (Phi) is 13.2. The van der Waals surface area contributed by atoms with Gasteiger partial charge in [0.05, 0.1) is 0 Å². The molecule has 1 aromatic carbocycles. The molecule has 0 saturated carbocycles. The number of amides is 1. The first-order valence-corrected chi connectivity index (χ1v) is 10.9. The summed E-state index contributed by atoms with van der Waals surface area (Å²) in [6.45, 7) is 7.23. The van der Waals surface area contributed by atoms with Crippen LogP contribution in [0.3, 0.4) is 0 Å². The molecule has 3 nitrogen and oxygen atoms in total. The van der Waals surface area contributed by atoms with Crippen molar-refractivity contribution in [1.82, 2.24) is 5.32 Å². The van der Waals surface area contributed by atoms with Crippen molar-refractivity contribution in [1.29, 1.82) is 0 Å².